The first-order valence-electron chi connectivity index (χ1n) is 9.03. The fourth-order valence-corrected chi connectivity index (χ4v) is 4.36. The number of hydrogen-bond donors (Lipinski definition) is 1. The minimum Gasteiger partial charge on any atom is -0.379 e. The molecule has 0 aromatic carbocycles. The highest BCUT2D eigenvalue weighted by molar-refractivity contribution is 5.85. The second kappa shape index (κ2) is 10.2. The number of nitrogens with two attached hydrogens (primary N) is 1. The van der Waals surface area contributed by atoms with Gasteiger partial charge < -0.3 is 15.4 Å². The molecule has 0 bridgehead atoms. The van der Waals surface area contributed by atoms with Crippen LogP contribution in [0, 0.1) is 11.3 Å². The van der Waals surface area contributed by atoms with Gasteiger partial charge in [-0.05, 0) is 31.6 Å². The Morgan fingerprint density at radius 1 is 1.04 bits per heavy atom. The van der Waals surface area contributed by atoms with Crippen molar-refractivity contribution in [3.8, 4) is 0 Å². The third-order valence-electron chi connectivity index (χ3n) is 5.93. The minimum atomic E-state index is -0.225. The van der Waals surface area contributed by atoms with E-state index in [1.807, 2.05) is 0 Å². The number of morpholine rings is 1. The normalized spacial score (nSPS) is 25.0. The van der Waals surface area contributed by atoms with Gasteiger partial charge in [0.1, 0.15) is 0 Å². The average molecular weight is 382 g/mol. The van der Waals surface area contributed by atoms with Crippen LogP contribution in [0.15, 0.2) is 0 Å². The van der Waals surface area contributed by atoms with E-state index in [4.69, 9.17) is 10.5 Å². The Morgan fingerprint density at radius 3 is 2.17 bits per heavy atom. The molecule has 0 radical (unpaired) electrons. The molecule has 5 nitrogen and oxygen atoms in total. The van der Waals surface area contributed by atoms with Crippen molar-refractivity contribution < 1.29 is 9.53 Å². The standard InChI is InChI=1S/C17H31N3O2.2ClH/c18-14-17(5-1-2-6-17)16(21)20-7-3-15(4-8-20)13-19-9-11-22-12-10-19;;/h15H,1-14,18H2;2*1H. The number of likely N-dealkylation sites (tertiary alicyclic amines) is 1. The van der Waals surface area contributed by atoms with Crippen molar-refractivity contribution in [3.63, 3.8) is 0 Å². The predicted molar refractivity (Wildman–Crippen MR) is 101 cm³/mol. The predicted octanol–water partition coefficient (Wildman–Crippen LogP) is 1.92. The average Bonchev–Trinajstić information content (AvgIpc) is 3.06. The summed E-state index contributed by atoms with van der Waals surface area (Å²) < 4.78 is 5.41. The lowest BCUT2D eigenvalue weighted by Gasteiger charge is -2.39. The van der Waals surface area contributed by atoms with Crippen LogP contribution in [0.2, 0.25) is 0 Å². The summed E-state index contributed by atoms with van der Waals surface area (Å²) in [4.78, 5) is 17.5. The van der Waals surface area contributed by atoms with Crippen LogP contribution in [-0.4, -0.2) is 68.2 Å². The van der Waals surface area contributed by atoms with Gasteiger partial charge in [0.15, 0.2) is 0 Å². The number of carbonyl (C=O) groups excluding carboxylic acids is 1. The van der Waals surface area contributed by atoms with Gasteiger partial charge in [-0.3, -0.25) is 9.69 Å². The summed E-state index contributed by atoms with van der Waals surface area (Å²) in [5, 5.41) is 0. The minimum absolute atomic E-state index is 0. The lowest BCUT2D eigenvalue weighted by molar-refractivity contribution is -0.143. The second-order valence-electron chi connectivity index (χ2n) is 7.34. The molecule has 142 valence electrons. The summed E-state index contributed by atoms with van der Waals surface area (Å²) in [6, 6.07) is 0. The van der Waals surface area contributed by atoms with Crippen LogP contribution in [-0.2, 0) is 9.53 Å². The van der Waals surface area contributed by atoms with E-state index in [1.54, 1.807) is 0 Å². The Bertz CT molecular complexity index is 378. The van der Waals surface area contributed by atoms with Gasteiger partial charge in [0, 0.05) is 39.3 Å². The van der Waals surface area contributed by atoms with Crippen LogP contribution >= 0.6 is 24.8 Å². The molecular formula is C17H33Cl2N3O2. The number of ether oxygens (including phenoxy) is 1. The Hall–Kier alpha value is -0.0700. The molecule has 2 aliphatic heterocycles. The lowest BCUT2D eigenvalue weighted by Crippen LogP contribution is -2.50. The van der Waals surface area contributed by atoms with Crippen LogP contribution in [0.4, 0.5) is 0 Å². The molecule has 1 aliphatic carbocycles. The van der Waals surface area contributed by atoms with E-state index in [-0.39, 0.29) is 30.2 Å². The SMILES string of the molecule is Cl.Cl.NCC1(C(=O)N2CCC(CN3CCOCC3)CC2)CCCC1. The molecule has 1 saturated carbocycles. The van der Waals surface area contributed by atoms with Crippen molar-refractivity contribution in [3.05, 3.63) is 0 Å². The van der Waals surface area contributed by atoms with E-state index in [9.17, 15) is 4.79 Å². The van der Waals surface area contributed by atoms with Crippen molar-refractivity contribution >= 4 is 30.7 Å². The third-order valence-corrected chi connectivity index (χ3v) is 5.93. The molecule has 2 saturated heterocycles. The number of carbonyl (C=O) groups is 1. The fourth-order valence-electron chi connectivity index (χ4n) is 4.36. The first-order valence-corrected chi connectivity index (χ1v) is 9.03. The molecule has 1 amide bonds. The quantitative estimate of drug-likeness (QED) is 0.807. The molecular weight excluding hydrogens is 349 g/mol. The number of nitrogens with zero attached hydrogens (tertiary/aromatic N) is 2. The lowest BCUT2D eigenvalue weighted by atomic mass is 9.83. The Balaban J connectivity index is 0.00000144. The van der Waals surface area contributed by atoms with E-state index in [1.165, 1.54) is 6.54 Å². The van der Waals surface area contributed by atoms with E-state index >= 15 is 0 Å². The molecule has 0 aromatic rings. The number of piperidine rings is 1. The molecule has 0 unspecified atom stereocenters. The van der Waals surface area contributed by atoms with Gasteiger partial charge >= 0.3 is 0 Å². The van der Waals surface area contributed by atoms with E-state index in [0.717, 1.165) is 83.8 Å². The van der Waals surface area contributed by atoms with E-state index in [2.05, 4.69) is 9.80 Å². The molecule has 3 aliphatic rings. The van der Waals surface area contributed by atoms with Gasteiger partial charge in [-0.2, -0.15) is 0 Å². The Morgan fingerprint density at radius 2 is 1.62 bits per heavy atom. The summed E-state index contributed by atoms with van der Waals surface area (Å²) in [5.41, 5.74) is 5.74. The number of amides is 1. The largest absolute Gasteiger partial charge is 0.379 e. The zero-order valence-electron chi connectivity index (χ0n) is 14.6. The second-order valence-corrected chi connectivity index (χ2v) is 7.34. The van der Waals surface area contributed by atoms with Crippen LogP contribution < -0.4 is 5.73 Å². The third kappa shape index (κ3) is 4.98. The maximum atomic E-state index is 12.9. The summed E-state index contributed by atoms with van der Waals surface area (Å²) in [6.45, 7) is 7.43. The molecule has 2 N–H and O–H groups in total. The highest BCUT2D eigenvalue weighted by Crippen LogP contribution is 2.39. The zero-order valence-corrected chi connectivity index (χ0v) is 16.2. The maximum absolute atomic E-state index is 12.9. The van der Waals surface area contributed by atoms with Gasteiger partial charge in [0.25, 0.3) is 0 Å². The maximum Gasteiger partial charge on any atom is 0.230 e. The smallest absolute Gasteiger partial charge is 0.230 e. The monoisotopic (exact) mass is 381 g/mol. The Labute approximate surface area is 158 Å². The van der Waals surface area contributed by atoms with Crippen molar-refractivity contribution in [2.24, 2.45) is 17.1 Å². The van der Waals surface area contributed by atoms with Crippen LogP contribution in [0.3, 0.4) is 0 Å². The molecule has 7 heteroatoms. The fraction of sp³-hybridized carbons (Fsp3) is 0.941. The molecule has 2 heterocycles. The van der Waals surface area contributed by atoms with Gasteiger partial charge in [-0.1, -0.05) is 12.8 Å². The zero-order chi connectivity index (χ0) is 15.4. The molecule has 3 fully saturated rings. The number of rotatable bonds is 4. The molecule has 0 spiro atoms. The van der Waals surface area contributed by atoms with Crippen molar-refractivity contribution in [2.45, 2.75) is 38.5 Å². The van der Waals surface area contributed by atoms with Crippen LogP contribution in [0.1, 0.15) is 38.5 Å². The van der Waals surface area contributed by atoms with Gasteiger partial charge in [0.2, 0.25) is 5.91 Å². The molecule has 3 rings (SSSR count). The Kier molecular flexibility index (Phi) is 9.31. The molecule has 0 aromatic heterocycles. The van der Waals surface area contributed by atoms with E-state index < -0.39 is 0 Å². The van der Waals surface area contributed by atoms with Gasteiger partial charge in [0.05, 0.1) is 18.6 Å². The first-order chi connectivity index (χ1) is 10.7. The van der Waals surface area contributed by atoms with Crippen molar-refractivity contribution in [2.75, 3.05) is 52.5 Å². The van der Waals surface area contributed by atoms with Gasteiger partial charge in [-0.25, -0.2) is 0 Å². The first kappa shape index (κ1) is 22.0. The summed E-state index contributed by atoms with van der Waals surface area (Å²) in [7, 11) is 0. The van der Waals surface area contributed by atoms with Crippen molar-refractivity contribution in [1.29, 1.82) is 0 Å². The van der Waals surface area contributed by atoms with Crippen LogP contribution in [0.25, 0.3) is 0 Å². The highest BCUT2D eigenvalue weighted by atomic mass is 35.5. The topological polar surface area (TPSA) is 58.8 Å². The van der Waals surface area contributed by atoms with E-state index in [0.29, 0.717) is 12.5 Å². The molecule has 24 heavy (non-hydrogen) atoms. The highest BCUT2D eigenvalue weighted by Gasteiger charge is 2.43. The van der Waals surface area contributed by atoms with Crippen molar-refractivity contribution in [1.82, 2.24) is 9.80 Å². The molecule has 0 atom stereocenters. The number of halogens is 2. The van der Waals surface area contributed by atoms with Crippen LogP contribution in [0.5, 0.6) is 0 Å². The summed E-state index contributed by atoms with van der Waals surface area (Å²) in [5.74, 6) is 1.08. The van der Waals surface area contributed by atoms with Gasteiger partial charge in [-0.15, -0.1) is 24.8 Å². The summed E-state index contributed by atoms with van der Waals surface area (Å²) >= 11 is 0. The number of hydrogen-bond acceptors (Lipinski definition) is 4. The summed E-state index contributed by atoms with van der Waals surface area (Å²) in [6.07, 6.45) is 6.60.